The normalized spacial score (nSPS) is 11.1. The molecule has 0 atom stereocenters. The van der Waals surface area contributed by atoms with E-state index in [4.69, 9.17) is 15.3 Å². The third kappa shape index (κ3) is 3.66. The van der Waals surface area contributed by atoms with Crippen LogP contribution in [0.25, 0.3) is 0 Å². The van der Waals surface area contributed by atoms with Gasteiger partial charge in [0.2, 0.25) is 0 Å². The number of urea groups is 1. The number of halogens is 1. The minimum Gasteiger partial charge on any atom is -0.394 e. The maximum absolute atomic E-state index is 12.6. The molecule has 0 heterocycles. The number of hydrogen-bond acceptors (Lipinski definition) is 4. The van der Waals surface area contributed by atoms with Crippen molar-refractivity contribution in [2.75, 3.05) is 25.1 Å². The van der Waals surface area contributed by atoms with E-state index in [9.17, 15) is 9.18 Å². The molecule has 0 fully saturated rings. The topological polar surface area (TPSA) is 102 Å². The van der Waals surface area contributed by atoms with Crippen molar-refractivity contribution in [3.8, 4) is 0 Å². The minimum absolute atomic E-state index is 0.344. The van der Waals surface area contributed by atoms with Crippen LogP contribution in [0.5, 0.6) is 0 Å². The van der Waals surface area contributed by atoms with E-state index in [1.54, 1.807) is 0 Å². The first-order valence-electron chi connectivity index (χ1n) is 5.22. The van der Waals surface area contributed by atoms with Gasteiger partial charge in [-0.05, 0) is 24.3 Å². The lowest BCUT2D eigenvalue weighted by Gasteiger charge is -2.28. The predicted molar refractivity (Wildman–Crippen MR) is 62.5 cm³/mol. The zero-order valence-corrected chi connectivity index (χ0v) is 9.56. The molecule has 5 N–H and O–H groups in total. The first kappa shape index (κ1) is 14.4. The number of carbonyl (C=O) groups is 1. The Morgan fingerprint density at radius 3 is 2.06 bits per heavy atom. The molecule has 0 aliphatic rings. The van der Waals surface area contributed by atoms with Crippen molar-refractivity contribution in [3.05, 3.63) is 30.1 Å². The van der Waals surface area contributed by atoms with Gasteiger partial charge in [-0.3, -0.25) is 0 Å². The van der Waals surface area contributed by atoms with Crippen molar-refractivity contribution in [1.82, 2.24) is 5.32 Å². The SMILES string of the molecule is O=C(Nc1ccc(F)cc1)NC(CO)(CO)CO. The van der Waals surface area contributed by atoms with E-state index in [1.165, 1.54) is 24.3 Å². The molecule has 1 rings (SSSR count). The fourth-order valence-corrected chi connectivity index (χ4v) is 1.20. The Bertz CT molecular complexity index is 384. The quantitative estimate of drug-likeness (QED) is 0.499. The van der Waals surface area contributed by atoms with E-state index >= 15 is 0 Å². The second-order valence-corrected chi connectivity index (χ2v) is 3.84. The lowest BCUT2D eigenvalue weighted by atomic mass is 10.0. The molecule has 0 aliphatic carbocycles. The number of hydrogen-bond donors (Lipinski definition) is 5. The van der Waals surface area contributed by atoms with Gasteiger partial charge in [0.05, 0.1) is 19.8 Å². The van der Waals surface area contributed by atoms with Crippen LogP contribution in [0, 0.1) is 5.82 Å². The first-order chi connectivity index (χ1) is 8.55. The zero-order chi connectivity index (χ0) is 13.6. The van der Waals surface area contributed by atoms with Gasteiger partial charge in [0.25, 0.3) is 0 Å². The summed E-state index contributed by atoms with van der Waals surface area (Å²) in [5.74, 6) is -0.434. The molecule has 0 aromatic heterocycles. The number of benzene rings is 1. The molecule has 1 aromatic rings. The number of rotatable bonds is 5. The van der Waals surface area contributed by atoms with Crippen LogP contribution in [-0.2, 0) is 0 Å². The maximum atomic E-state index is 12.6. The smallest absolute Gasteiger partial charge is 0.319 e. The van der Waals surface area contributed by atoms with Crippen LogP contribution in [0.4, 0.5) is 14.9 Å². The van der Waals surface area contributed by atoms with E-state index in [0.717, 1.165) is 0 Å². The van der Waals surface area contributed by atoms with Gasteiger partial charge >= 0.3 is 6.03 Å². The van der Waals surface area contributed by atoms with Crippen LogP contribution in [0.15, 0.2) is 24.3 Å². The molecule has 0 aliphatic heterocycles. The van der Waals surface area contributed by atoms with Crippen molar-refractivity contribution in [2.24, 2.45) is 0 Å². The van der Waals surface area contributed by atoms with Gasteiger partial charge in [-0.15, -0.1) is 0 Å². The summed E-state index contributed by atoms with van der Waals surface area (Å²) in [5.41, 5.74) is -1.15. The predicted octanol–water partition coefficient (Wildman–Crippen LogP) is -0.337. The van der Waals surface area contributed by atoms with Crippen LogP contribution >= 0.6 is 0 Å². The molecule has 6 nitrogen and oxygen atoms in total. The summed E-state index contributed by atoms with van der Waals surface area (Å²) in [4.78, 5) is 11.5. The molecule has 0 saturated heterocycles. The molecule has 0 saturated carbocycles. The highest BCUT2D eigenvalue weighted by molar-refractivity contribution is 5.89. The molecule has 0 spiro atoms. The van der Waals surface area contributed by atoms with Crippen molar-refractivity contribution < 1.29 is 24.5 Å². The molecule has 0 bridgehead atoms. The van der Waals surface area contributed by atoms with Gasteiger partial charge in [-0.2, -0.15) is 0 Å². The molecule has 0 unspecified atom stereocenters. The Hall–Kier alpha value is -1.70. The molecule has 18 heavy (non-hydrogen) atoms. The second-order valence-electron chi connectivity index (χ2n) is 3.84. The van der Waals surface area contributed by atoms with E-state index in [2.05, 4.69) is 10.6 Å². The highest BCUT2D eigenvalue weighted by atomic mass is 19.1. The van der Waals surface area contributed by atoms with Gasteiger partial charge in [0, 0.05) is 5.69 Å². The van der Waals surface area contributed by atoms with Crippen molar-refractivity contribution in [2.45, 2.75) is 5.54 Å². The number of anilines is 1. The Morgan fingerprint density at radius 1 is 1.11 bits per heavy atom. The highest BCUT2D eigenvalue weighted by Crippen LogP contribution is 2.09. The number of nitrogens with one attached hydrogen (secondary N) is 2. The molecule has 7 heteroatoms. The zero-order valence-electron chi connectivity index (χ0n) is 9.56. The monoisotopic (exact) mass is 258 g/mol. The Kier molecular flexibility index (Phi) is 5.02. The molecule has 1 aromatic carbocycles. The Labute approximate surface area is 103 Å². The number of carbonyl (C=O) groups excluding carboxylic acids is 1. The fourth-order valence-electron chi connectivity index (χ4n) is 1.20. The van der Waals surface area contributed by atoms with Crippen molar-refractivity contribution in [3.63, 3.8) is 0 Å². The highest BCUT2D eigenvalue weighted by Gasteiger charge is 2.29. The van der Waals surface area contributed by atoms with E-state index in [-0.39, 0.29) is 0 Å². The summed E-state index contributed by atoms with van der Waals surface area (Å²) in [6.45, 7) is -1.84. The summed E-state index contributed by atoms with van der Waals surface area (Å²) in [7, 11) is 0. The van der Waals surface area contributed by atoms with Crippen LogP contribution in [-0.4, -0.2) is 46.7 Å². The van der Waals surface area contributed by atoms with E-state index in [0.29, 0.717) is 5.69 Å². The maximum Gasteiger partial charge on any atom is 0.319 e. The summed E-state index contributed by atoms with van der Waals surface area (Å²) in [5, 5.41) is 31.7. The minimum atomic E-state index is -1.50. The number of aliphatic hydroxyl groups excluding tert-OH is 3. The third-order valence-electron chi connectivity index (χ3n) is 2.39. The summed E-state index contributed by atoms with van der Waals surface area (Å²) < 4.78 is 12.6. The molecule has 100 valence electrons. The lowest BCUT2D eigenvalue weighted by molar-refractivity contribution is 0.0507. The standard InChI is InChI=1S/C11H15FN2O4/c12-8-1-3-9(4-2-8)13-10(18)14-11(5-15,6-16)7-17/h1-4,15-17H,5-7H2,(H2,13,14,18). The second kappa shape index (κ2) is 6.29. The van der Waals surface area contributed by atoms with Crippen LogP contribution in [0.2, 0.25) is 0 Å². The van der Waals surface area contributed by atoms with Crippen molar-refractivity contribution >= 4 is 11.7 Å². The molecule has 0 radical (unpaired) electrons. The number of amides is 2. The summed E-state index contributed by atoms with van der Waals surface area (Å²) >= 11 is 0. The average molecular weight is 258 g/mol. The molecular weight excluding hydrogens is 243 g/mol. The summed E-state index contributed by atoms with van der Waals surface area (Å²) in [6.07, 6.45) is 0. The molecular formula is C11H15FN2O4. The van der Waals surface area contributed by atoms with Gasteiger partial charge in [-0.1, -0.05) is 0 Å². The summed E-state index contributed by atoms with van der Waals surface area (Å²) in [6, 6.07) is 4.33. The lowest BCUT2D eigenvalue weighted by Crippen LogP contribution is -2.58. The molecule has 2 amide bonds. The van der Waals surface area contributed by atoms with E-state index in [1.807, 2.05) is 0 Å². The van der Waals surface area contributed by atoms with Crippen LogP contribution < -0.4 is 10.6 Å². The first-order valence-corrected chi connectivity index (χ1v) is 5.22. The van der Waals surface area contributed by atoms with Gasteiger partial charge < -0.3 is 26.0 Å². The van der Waals surface area contributed by atoms with Gasteiger partial charge in [0.1, 0.15) is 11.4 Å². The third-order valence-corrected chi connectivity index (χ3v) is 2.39. The van der Waals surface area contributed by atoms with Crippen LogP contribution in [0.1, 0.15) is 0 Å². The Morgan fingerprint density at radius 2 is 1.61 bits per heavy atom. The fraction of sp³-hybridized carbons (Fsp3) is 0.364. The van der Waals surface area contributed by atoms with Crippen molar-refractivity contribution in [1.29, 1.82) is 0 Å². The van der Waals surface area contributed by atoms with Gasteiger partial charge in [0.15, 0.2) is 0 Å². The van der Waals surface area contributed by atoms with E-state index < -0.39 is 37.2 Å². The van der Waals surface area contributed by atoms with Crippen LogP contribution in [0.3, 0.4) is 0 Å². The Balaban J connectivity index is 2.63. The largest absolute Gasteiger partial charge is 0.394 e. The van der Waals surface area contributed by atoms with Gasteiger partial charge in [-0.25, -0.2) is 9.18 Å². The average Bonchev–Trinajstić information content (AvgIpc) is 2.39. The number of aliphatic hydroxyl groups is 3.